The van der Waals surface area contributed by atoms with Crippen molar-refractivity contribution in [2.75, 3.05) is 120 Å². The van der Waals surface area contributed by atoms with Gasteiger partial charge in [-0.2, -0.15) is 0 Å². The molecule has 3 N–H and O–H groups in total. The molecule has 0 amide bonds. The maximum Gasteiger partial charge on any atom is 0.317 e. The number of carboxylic acids is 3. The first-order chi connectivity index (χ1) is 16.6. The van der Waals surface area contributed by atoms with Crippen LogP contribution in [-0.2, 0) is 28.6 Å². The molecule has 1 aliphatic rings. The van der Waals surface area contributed by atoms with Crippen molar-refractivity contribution in [3.05, 3.63) is 0 Å². The van der Waals surface area contributed by atoms with Gasteiger partial charge in [0.05, 0.1) is 44.9 Å². The third-order valence-corrected chi connectivity index (χ3v) is 5.92. The third kappa shape index (κ3) is 13.1. The highest BCUT2D eigenvalue weighted by atomic mass is 16.5. The van der Waals surface area contributed by atoms with Crippen LogP contribution in [0.2, 0.25) is 0 Å². The Balaban J connectivity index is 3.13. The maximum absolute atomic E-state index is 11.4. The van der Waals surface area contributed by atoms with Crippen LogP contribution >= 0.6 is 0 Å². The SMILES string of the molecule is COCC(COC)(COC)CN1CCN(CC(=O)O)CCN(CC(=O)O)CCN(CC(=O)O)CC1. The molecular weight excluding hydrogens is 464 g/mol. The van der Waals surface area contributed by atoms with Crippen LogP contribution in [0.3, 0.4) is 0 Å². The van der Waals surface area contributed by atoms with Crippen LogP contribution in [0.25, 0.3) is 0 Å². The molecule has 0 atom stereocenters. The highest BCUT2D eigenvalue weighted by Gasteiger charge is 2.33. The molecule has 204 valence electrons. The lowest BCUT2D eigenvalue weighted by molar-refractivity contribution is -0.140. The second-order valence-corrected chi connectivity index (χ2v) is 9.08. The summed E-state index contributed by atoms with van der Waals surface area (Å²) in [7, 11) is 4.84. The number of methoxy groups -OCH3 is 3. The van der Waals surface area contributed by atoms with Gasteiger partial charge in [-0.1, -0.05) is 0 Å². The first kappa shape index (κ1) is 31.2. The summed E-state index contributed by atoms with van der Waals surface area (Å²) in [5.74, 6) is -2.88. The summed E-state index contributed by atoms with van der Waals surface area (Å²) in [5, 5.41) is 28.0. The fourth-order valence-corrected chi connectivity index (χ4v) is 4.44. The minimum Gasteiger partial charge on any atom is -0.480 e. The number of rotatable bonds is 14. The summed E-state index contributed by atoms with van der Waals surface area (Å²) >= 11 is 0. The minimum absolute atomic E-state index is 0.154. The summed E-state index contributed by atoms with van der Waals surface area (Å²) in [6.07, 6.45) is 0. The first-order valence-electron chi connectivity index (χ1n) is 11.6. The van der Waals surface area contributed by atoms with Gasteiger partial charge in [-0.3, -0.25) is 34.0 Å². The molecule has 0 aliphatic carbocycles. The molecule has 0 aromatic carbocycles. The molecule has 0 spiro atoms. The zero-order valence-corrected chi connectivity index (χ0v) is 21.2. The molecule has 0 saturated carbocycles. The summed E-state index contributed by atoms with van der Waals surface area (Å²) in [5.41, 5.74) is -0.455. The summed E-state index contributed by atoms with van der Waals surface area (Å²) < 4.78 is 16.4. The van der Waals surface area contributed by atoms with E-state index in [0.29, 0.717) is 78.7 Å². The Morgan fingerprint density at radius 2 is 0.829 bits per heavy atom. The molecular formula is C22H42N4O9. The molecule has 13 nitrogen and oxygen atoms in total. The van der Waals surface area contributed by atoms with Crippen LogP contribution in [0, 0.1) is 5.41 Å². The van der Waals surface area contributed by atoms with E-state index in [1.165, 1.54) is 0 Å². The van der Waals surface area contributed by atoms with Crippen LogP contribution in [0.15, 0.2) is 0 Å². The highest BCUT2D eigenvalue weighted by molar-refractivity contribution is 5.69. The second-order valence-electron chi connectivity index (χ2n) is 9.08. The quantitative estimate of drug-likeness (QED) is 0.248. The maximum atomic E-state index is 11.4. The van der Waals surface area contributed by atoms with E-state index in [1.54, 1.807) is 36.0 Å². The van der Waals surface area contributed by atoms with Gasteiger partial charge < -0.3 is 29.5 Å². The first-order valence-corrected chi connectivity index (χ1v) is 11.6. The molecule has 35 heavy (non-hydrogen) atoms. The van der Waals surface area contributed by atoms with Gasteiger partial charge >= 0.3 is 17.9 Å². The Morgan fingerprint density at radius 3 is 1.06 bits per heavy atom. The van der Waals surface area contributed by atoms with Gasteiger partial charge in [0.25, 0.3) is 0 Å². The van der Waals surface area contributed by atoms with Crippen molar-refractivity contribution in [3.63, 3.8) is 0 Å². The van der Waals surface area contributed by atoms with Gasteiger partial charge in [0.15, 0.2) is 0 Å². The Kier molecular flexibility index (Phi) is 14.9. The van der Waals surface area contributed by atoms with Crippen molar-refractivity contribution in [1.82, 2.24) is 19.6 Å². The lowest BCUT2D eigenvalue weighted by Gasteiger charge is -2.39. The van der Waals surface area contributed by atoms with Crippen molar-refractivity contribution in [3.8, 4) is 0 Å². The van der Waals surface area contributed by atoms with Crippen LogP contribution in [-0.4, -0.2) is 173 Å². The van der Waals surface area contributed by atoms with E-state index in [1.807, 2.05) is 0 Å². The summed E-state index contributed by atoms with van der Waals surface area (Å²) in [4.78, 5) is 41.7. The Morgan fingerprint density at radius 1 is 0.571 bits per heavy atom. The normalized spacial score (nSPS) is 18.6. The smallest absolute Gasteiger partial charge is 0.317 e. The zero-order chi connectivity index (χ0) is 26.3. The lowest BCUT2D eigenvalue weighted by Crippen LogP contribution is -2.52. The molecule has 0 unspecified atom stereocenters. The molecule has 0 radical (unpaired) electrons. The third-order valence-electron chi connectivity index (χ3n) is 5.92. The van der Waals surface area contributed by atoms with Gasteiger partial charge in [0.2, 0.25) is 0 Å². The average molecular weight is 507 g/mol. The molecule has 1 rings (SSSR count). The van der Waals surface area contributed by atoms with Gasteiger partial charge in [0.1, 0.15) is 0 Å². The zero-order valence-electron chi connectivity index (χ0n) is 21.2. The molecule has 0 bridgehead atoms. The van der Waals surface area contributed by atoms with Crippen LogP contribution in [0.4, 0.5) is 0 Å². The molecule has 0 aromatic heterocycles. The van der Waals surface area contributed by atoms with Crippen molar-refractivity contribution < 1.29 is 43.9 Å². The Labute approximate surface area is 207 Å². The molecule has 0 aromatic rings. The number of aliphatic carboxylic acids is 3. The second kappa shape index (κ2) is 16.7. The topological polar surface area (TPSA) is 153 Å². The Bertz CT molecular complexity index is 603. The van der Waals surface area contributed by atoms with E-state index in [0.717, 1.165) is 0 Å². The van der Waals surface area contributed by atoms with Crippen LogP contribution < -0.4 is 0 Å². The summed E-state index contributed by atoms with van der Waals surface area (Å²) in [6, 6.07) is 0. The predicted octanol–water partition coefficient (Wildman–Crippen LogP) is -1.61. The fraction of sp³-hybridized carbons (Fsp3) is 0.864. The van der Waals surface area contributed by atoms with E-state index in [9.17, 15) is 29.7 Å². The van der Waals surface area contributed by atoms with Crippen molar-refractivity contribution in [1.29, 1.82) is 0 Å². The molecule has 1 aliphatic heterocycles. The van der Waals surface area contributed by atoms with E-state index in [-0.39, 0.29) is 19.6 Å². The van der Waals surface area contributed by atoms with E-state index >= 15 is 0 Å². The molecule has 1 heterocycles. The van der Waals surface area contributed by atoms with E-state index < -0.39 is 23.3 Å². The van der Waals surface area contributed by atoms with Gasteiger partial charge in [-0.25, -0.2) is 0 Å². The predicted molar refractivity (Wildman–Crippen MR) is 127 cm³/mol. The lowest BCUT2D eigenvalue weighted by atomic mass is 9.90. The van der Waals surface area contributed by atoms with Gasteiger partial charge in [-0.15, -0.1) is 0 Å². The fourth-order valence-electron chi connectivity index (χ4n) is 4.44. The minimum atomic E-state index is -0.983. The number of ether oxygens (including phenoxy) is 3. The van der Waals surface area contributed by atoms with Crippen molar-refractivity contribution in [2.45, 2.75) is 0 Å². The standard InChI is InChI=1S/C22H42N4O9/c1-33-16-22(17-34-2,18-35-3)15-26-10-8-24(13-20(29)30)6-4-23(12-19(27)28)5-7-25(9-11-26)14-21(31)32/h4-18H2,1-3H3,(H,27,28)(H,29,30)(H,31,32). The number of hydrogen-bond donors (Lipinski definition) is 3. The average Bonchev–Trinajstić information content (AvgIpc) is 2.75. The number of nitrogens with zero attached hydrogens (tertiary/aromatic N) is 4. The van der Waals surface area contributed by atoms with Crippen molar-refractivity contribution >= 4 is 17.9 Å². The van der Waals surface area contributed by atoms with Crippen LogP contribution in [0.5, 0.6) is 0 Å². The van der Waals surface area contributed by atoms with Gasteiger partial charge in [-0.05, 0) is 0 Å². The number of carboxylic acid groups (broad SMARTS) is 3. The molecule has 1 saturated heterocycles. The number of carbonyl (C=O) groups is 3. The largest absolute Gasteiger partial charge is 0.480 e. The monoisotopic (exact) mass is 506 g/mol. The van der Waals surface area contributed by atoms with Crippen LogP contribution in [0.1, 0.15) is 0 Å². The highest BCUT2D eigenvalue weighted by Crippen LogP contribution is 2.21. The van der Waals surface area contributed by atoms with Gasteiger partial charge in [0, 0.05) is 80.2 Å². The van der Waals surface area contributed by atoms with E-state index in [4.69, 9.17) is 14.2 Å². The molecule has 13 heteroatoms. The summed E-state index contributed by atoms with van der Waals surface area (Å²) in [6.45, 7) is 4.70. The van der Waals surface area contributed by atoms with E-state index in [2.05, 4.69) is 4.90 Å². The molecule has 1 fully saturated rings. The number of hydrogen-bond acceptors (Lipinski definition) is 10. The Hall–Kier alpha value is -1.87. The van der Waals surface area contributed by atoms with Crippen molar-refractivity contribution in [2.24, 2.45) is 5.41 Å².